The van der Waals surface area contributed by atoms with Gasteiger partial charge >= 0.3 is 0 Å². The summed E-state index contributed by atoms with van der Waals surface area (Å²) < 4.78 is 5.73. The molecule has 0 aliphatic heterocycles. The lowest BCUT2D eigenvalue weighted by Gasteiger charge is -2.04. The Kier molecular flexibility index (Phi) is 3.62. The van der Waals surface area contributed by atoms with Crippen LogP contribution in [0.5, 0.6) is 0 Å². The molecule has 0 unspecified atom stereocenters. The van der Waals surface area contributed by atoms with Gasteiger partial charge in [0.05, 0.1) is 11.9 Å². The molecule has 2 N–H and O–H groups in total. The molecule has 21 heavy (non-hydrogen) atoms. The molecule has 3 rings (SSSR count). The predicted molar refractivity (Wildman–Crippen MR) is 83.1 cm³/mol. The second-order valence-electron chi connectivity index (χ2n) is 4.52. The van der Waals surface area contributed by atoms with Crippen LogP contribution in [0.15, 0.2) is 51.7 Å². The first-order valence-electron chi connectivity index (χ1n) is 6.30. The highest BCUT2D eigenvalue weighted by molar-refractivity contribution is 9.10. The number of amides is 1. The standard InChI is InChI=1S/C15H12BrN3O2/c1-9-17-8-12(18-9)10-2-4-11(5-3-10)19-15(20)13-6-7-14(16)21-13/h2-8H,1H3,(H,17,18)(H,19,20). The van der Waals surface area contributed by atoms with Crippen molar-refractivity contribution in [3.8, 4) is 11.3 Å². The van der Waals surface area contributed by atoms with Crippen molar-refractivity contribution in [2.75, 3.05) is 5.32 Å². The molecule has 1 aromatic carbocycles. The Labute approximate surface area is 129 Å². The van der Waals surface area contributed by atoms with Crippen molar-refractivity contribution in [3.05, 3.63) is 58.8 Å². The number of hydrogen-bond acceptors (Lipinski definition) is 3. The van der Waals surface area contributed by atoms with E-state index in [9.17, 15) is 4.79 Å². The number of carbonyl (C=O) groups is 1. The van der Waals surface area contributed by atoms with Crippen molar-refractivity contribution in [3.63, 3.8) is 0 Å². The summed E-state index contributed by atoms with van der Waals surface area (Å²) in [5.41, 5.74) is 2.65. The highest BCUT2D eigenvalue weighted by Gasteiger charge is 2.10. The highest BCUT2D eigenvalue weighted by Crippen LogP contribution is 2.20. The van der Waals surface area contributed by atoms with Gasteiger partial charge in [0.15, 0.2) is 10.4 Å². The van der Waals surface area contributed by atoms with Crippen LogP contribution in [-0.2, 0) is 0 Å². The largest absolute Gasteiger partial charge is 0.444 e. The van der Waals surface area contributed by atoms with E-state index in [4.69, 9.17) is 4.42 Å². The minimum atomic E-state index is -0.286. The van der Waals surface area contributed by atoms with E-state index in [0.29, 0.717) is 10.4 Å². The average molecular weight is 346 g/mol. The first-order chi connectivity index (χ1) is 10.1. The Morgan fingerprint density at radius 2 is 2.00 bits per heavy atom. The fourth-order valence-corrected chi connectivity index (χ4v) is 2.24. The number of anilines is 1. The summed E-state index contributed by atoms with van der Waals surface area (Å²) in [6.45, 7) is 1.90. The molecule has 0 radical (unpaired) electrons. The molecule has 5 nitrogen and oxygen atoms in total. The van der Waals surface area contributed by atoms with Crippen LogP contribution >= 0.6 is 15.9 Å². The van der Waals surface area contributed by atoms with Crippen LogP contribution in [0.25, 0.3) is 11.3 Å². The maximum atomic E-state index is 11.9. The molecule has 0 atom stereocenters. The second kappa shape index (κ2) is 5.57. The van der Waals surface area contributed by atoms with Gasteiger partial charge in [-0.15, -0.1) is 0 Å². The molecule has 2 heterocycles. The molecular weight excluding hydrogens is 334 g/mol. The monoisotopic (exact) mass is 345 g/mol. The number of nitrogens with zero attached hydrogens (tertiary/aromatic N) is 1. The van der Waals surface area contributed by atoms with Crippen molar-refractivity contribution in [2.45, 2.75) is 6.92 Å². The molecule has 0 fully saturated rings. The molecule has 106 valence electrons. The fraction of sp³-hybridized carbons (Fsp3) is 0.0667. The summed E-state index contributed by atoms with van der Waals surface area (Å²) in [5, 5.41) is 2.78. The Balaban J connectivity index is 1.74. The highest BCUT2D eigenvalue weighted by atomic mass is 79.9. The van der Waals surface area contributed by atoms with Gasteiger partial charge in [-0.05, 0) is 52.7 Å². The second-order valence-corrected chi connectivity index (χ2v) is 5.30. The van der Waals surface area contributed by atoms with Crippen molar-refractivity contribution in [1.29, 1.82) is 0 Å². The van der Waals surface area contributed by atoms with Crippen molar-refractivity contribution in [2.24, 2.45) is 0 Å². The Hall–Kier alpha value is -2.34. The fourth-order valence-electron chi connectivity index (χ4n) is 1.93. The number of aromatic nitrogens is 2. The van der Waals surface area contributed by atoms with Gasteiger partial charge in [-0.25, -0.2) is 4.98 Å². The minimum absolute atomic E-state index is 0.259. The lowest BCUT2D eigenvalue weighted by Crippen LogP contribution is -2.10. The van der Waals surface area contributed by atoms with Gasteiger partial charge in [0.1, 0.15) is 5.82 Å². The molecule has 1 amide bonds. The van der Waals surface area contributed by atoms with Crippen LogP contribution in [0.1, 0.15) is 16.4 Å². The summed E-state index contributed by atoms with van der Waals surface area (Å²) in [4.78, 5) is 19.3. The number of rotatable bonds is 3. The van der Waals surface area contributed by atoms with E-state index < -0.39 is 0 Å². The average Bonchev–Trinajstić information content (AvgIpc) is 3.08. The Bertz CT molecular complexity index is 774. The van der Waals surface area contributed by atoms with Crippen LogP contribution in [0.3, 0.4) is 0 Å². The number of nitrogens with one attached hydrogen (secondary N) is 2. The van der Waals surface area contributed by atoms with Crippen LogP contribution in [-0.4, -0.2) is 15.9 Å². The summed E-state index contributed by atoms with van der Waals surface area (Å²) in [5.74, 6) is 0.840. The molecular formula is C15H12BrN3O2. The molecule has 0 aliphatic carbocycles. The molecule has 0 spiro atoms. The van der Waals surface area contributed by atoms with Gasteiger partial charge < -0.3 is 14.7 Å². The number of aromatic amines is 1. The number of H-pyrrole nitrogens is 1. The van der Waals surface area contributed by atoms with E-state index in [1.165, 1.54) is 0 Å². The predicted octanol–water partition coefficient (Wildman–Crippen LogP) is 3.99. The number of carbonyl (C=O) groups excluding carboxylic acids is 1. The lowest BCUT2D eigenvalue weighted by molar-refractivity contribution is 0.0995. The number of halogens is 1. The number of aryl methyl sites for hydroxylation is 1. The molecule has 2 aromatic heterocycles. The van der Waals surface area contributed by atoms with E-state index in [1.807, 2.05) is 31.2 Å². The molecule has 0 saturated heterocycles. The summed E-state index contributed by atoms with van der Waals surface area (Å²) >= 11 is 3.17. The maximum absolute atomic E-state index is 11.9. The Morgan fingerprint density at radius 1 is 1.24 bits per heavy atom. The van der Waals surface area contributed by atoms with E-state index in [1.54, 1.807) is 18.3 Å². The van der Waals surface area contributed by atoms with Gasteiger partial charge in [0.2, 0.25) is 0 Å². The molecule has 3 aromatic rings. The topological polar surface area (TPSA) is 70.9 Å². The van der Waals surface area contributed by atoms with Crippen molar-refractivity contribution in [1.82, 2.24) is 9.97 Å². The van der Waals surface area contributed by atoms with E-state index in [2.05, 4.69) is 31.2 Å². The van der Waals surface area contributed by atoms with Crippen LogP contribution in [0, 0.1) is 6.92 Å². The number of furan rings is 1. The zero-order valence-electron chi connectivity index (χ0n) is 11.2. The van der Waals surface area contributed by atoms with Crippen molar-refractivity contribution < 1.29 is 9.21 Å². The zero-order valence-corrected chi connectivity index (χ0v) is 12.8. The summed E-state index contributed by atoms with van der Waals surface area (Å²) in [6.07, 6.45) is 1.78. The third kappa shape index (κ3) is 3.05. The first-order valence-corrected chi connectivity index (χ1v) is 7.10. The smallest absolute Gasteiger partial charge is 0.291 e. The Morgan fingerprint density at radius 3 is 2.57 bits per heavy atom. The molecule has 0 saturated carbocycles. The van der Waals surface area contributed by atoms with Gasteiger partial charge in [-0.1, -0.05) is 12.1 Å². The van der Waals surface area contributed by atoms with Crippen molar-refractivity contribution >= 4 is 27.5 Å². The number of hydrogen-bond donors (Lipinski definition) is 2. The third-order valence-electron chi connectivity index (χ3n) is 2.95. The van der Waals surface area contributed by atoms with Gasteiger partial charge in [-0.3, -0.25) is 4.79 Å². The van der Waals surface area contributed by atoms with Gasteiger partial charge in [0, 0.05) is 5.69 Å². The van der Waals surface area contributed by atoms with E-state index >= 15 is 0 Å². The van der Waals surface area contributed by atoms with Crippen LogP contribution in [0.2, 0.25) is 0 Å². The SMILES string of the molecule is Cc1ncc(-c2ccc(NC(=O)c3ccc(Br)o3)cc2)[nH]1. The number of benzene rings is 1. The normalized spacial score (nSPS) is 10.6. The minimum Gasteiger partial charge on any atom is -0.444 e. The maximum Gasteiger partial charge on any atom is 0.291 e. The zero-order chi connectivity index (χ0) is 14.8. The van der Waals surface area contributed by atoms with E-state index in [0.717, 1.165) is 17.1 Å². The summed E-state index contributed by atoms with van der Waals surface area (Å²) in [7, 11) is 0. The third-order valence-corrected chi connectivity index (χ3v) is 3.38. The van der Waals surface area contributed by atoms with E-state index in [-0.39, 0.29) is 11.7 Å². The molecule has 0 bridgehead atoms. The van der Waals surface area contributed by atoms with Gasteiger partial charge in [0.25, 0.3) is 5.91 Å². The summed E-state index contributed by atoms with van der Waals surface area (Å²) in [6, 6.07) is 10.8. The molecule has 6 heteroatoms. The molecule has 0 aliphatic rings. The first kappa shape index (κ1) is 13.6. The number of imidazole rings is 1. The van der Waals surface area contributed by atoms with Gasteiger partial charge in [-0.2, -0.15) is 0 Å². The van der Waals surface area contributed by atoms with Crippen LogP contribution < -0.4 is 5.32 Å². The lowest BCUT2D eigenvalue weighted by atomic mass is 10.1. The van der Waals surface area contributed by atoms with Crippen LogP contribution in [0.4, 0.5) is 5.69 Å². The quantitative estimate of drug-likeness (QED) is 0.753.